The summed E-state index contributed by atoms with van der Waals surface area (Å²) in [6, 6.07) is 0. The fourth-order valence-electron chi connectivity index (χ4n) is 4.98. The van der Waals surface area contributed by atoms with Crippen LogP contribution in [0.25, 0.3) is 0 Å². The number of rotatable bonds is 5. The van der Waals surface area contributed by atoms with E-state index >= 15 is 0 Å². The first-order chi connectivity index (χ1) is 9.13. The van der Waals surface area contributed by atoms with Crippen LogP contribution in [-0.4, -0.2) is 0 Å². The largest absolute Gasteiger partial charge is 0.0651 e. The normalized spacial score (nSPS) is 25.4. The summed E-state index contributed by atoms with van der Waals surface area (Å²) in [5.41, 5.74) is 0.596. The topological polar surface area (TPSA) is 0 Å². The summed E-state index contributed by atoms with van der Waals surface area (Å²) < 4.78 is 0. The molecule has 0 nitrogen and oxygen atoms in total. The van der Waals surface area contributed by atoms with Gasteiger partial charge in [0.15, 0.2) is 0 Å². The molecule has 0 saturated heterocycles. The first-order valence-electron chi connectivity index (χ1n) is 9.13. The second-order valence-corrected chi connectivity index (χ2v) is 8.09. The van der Waals surface area contributed by atoms with Crippen molar-refractivity contribution in [2.45, 2.75) is 97.8 Å². The Labute approximate surface area is 121 Å². The lowest BCUT2D eigenvalue weighted by molar-refractivity contribution is 0.0910. The van der Waals surface area contributed by atoms with Crippen LogP contribution in [0.2, 0.25) is 0 Å². The van der Waals surface area contributed by atoms with Gasteiger partial charge >= 0.3 is 0 Å². The molecule has 1 atom stereocenters. The molecule has 0 aromatic rings. The Kier molecular flexibility index (Phi) is 5.78. The zero-order valence-corrected chi connectivity index (χ0v) is 13.7. The molecule has 0 bridgehead atoms. The van der Waals surface area contributed by atoms with Gasteiger partial charge in [0.1, 0.15) is 0 Å². The van der Waals surface area contributed by atoms with E-state index in [0.717, 1.165) is 17.8 Å². The molecule has 2 rings (SSSR count). The average Bonchev–Trinajstić information content (AvgIpc) is 2.47. The van der Waals surface area contributed by atoms with Crippen LogP contribution in [0.3, 0.4) is 0 Å². The molecule has 0 radical (unpaired) electrons. The lowest BCUT2D eigenvalue weighted by Gasteiger charge is -2.42. The molecule has 1 unspecified atom stereocenters. The van der Waals surface area contributed by atoms with Crippen LogP contribution in [0.15, 0.2) is 0 Å². The summed E-state index contributed by atoms with van der Waals surface area (Å²) in [7, 11) is 0. The van der Waals surface area contributed by atoms with Gasteiger partial charge in [-0.05, 0) is 42.4 Å². The Morgan fingerprint density at radius 3 is 1.89 bits per heavy atom. The second-order valence-electron chi connectivity index (χ2n) is 8.09. The molecule has 0 spiro atoms. The van der Waals surface area contributed by atoms with Gasteiger partial charge in [0.2, 0.25) is 0 Å². The lowest BCUT2D eigenvalue weighted by Crippen LogP contribution is -2.31. The third-order valence-corrected chi connectivity index (χ3v) is 6.34. The van der Waals surface area contributed by atoms with Gasteiger partial charge in [0, 0.05) is 0 Å². The molecule has 2 fully saturated rings. The van der Waals surface area contributed by atoms with E-state index in [4.69, 9.17) is 0 Å². The van der Waals surface area contributed by atoms with E-state index in [1.807, 2.05) is 0 Å². The summed E-state index contributed by atoms with van der Waals surface area (Å²) >= 11 is 0. The zero-order chi connectivity index (χ0) is 13.7. The summed E-state index contributed by atoms with van der Waals surface area (Å²) in [6.45, 7) is 7.60. The Morgan fingerprint density at radius 2 is 1.37 bits per heavy atom. The van der Waals surface area contributed by atoms with E-state index in [1.165, 1.54) is 77.0 Å². The van der Waals surface area contributed by atoms with E-state index in [9.17, 15) is 0 Å². The predicted octanol–water partition coefficient (Wildman–Crippen LogP) is 6.59. The molecule has 19 heavy (non-hydrogen) atoms. The van der Waals surface area contributed by atoms with Crippen LogP contribution in [0.4, 0.5) is 0 Å². The van der Waals surface area contributed by atoms with Gasteiger partial charge in [0.25, 0.3) is 0 Å². The van der Waals surface area contributed by atoms with Crippen LogP contribution in [0.5, 0.6) is 0 Å². The van der Waals surface area contributed by atoms with Gasteiger partial charge in [-0.2, -0.15) is 0 Å². The molecule has 0 N–H and O–H groups in total. The second kappa shape index (κ2) is 7.14. The Morgan fingerprint density at radius 1 is 0.842 bits per heavy atom. The smallest absolute Gasteiger partial charge is 0.0323 e. The highest BCUT2D eigenvalue weighted by atomic mass is 14.4. The van der Waals surface area contributed by atoms with E-state index < -0.39 is 0 Å². The molecule has 0 aromatic carbocycles. The molecule has 2 aliphatic rings. The van der Waals surface area contributed by atoms with Crippen LogP contribution in [-0.2, 0) is 0 Å². The number of hydrogen-bond donors (Lipinski definition) is 0. The number of hydrogen-bond acceptors (Lipinski definition) is 0. The average molecular weight is 264 g/mol. The van der Waals surface area contributed by atoms with Crippen molar-refractivity contribution < 1.29 is 0 Å². The van der Waals surface area contributed by atoms with E-state index in [0.29, 0.717) is 5.41 Å². The van der Waals surface area contributed by atoms with E-state index in [2.05, 4.69) is 20.8 Å². The van der Waals surface area contributed by atoms with Crippen molar-refractivity contribution in [2.24, 2.45) is 23.2 Å². The molecule has 0 aromatic heterocycles. The minimum absolute atomic E-state index is 0.596. The van der Waals surface area contributed by atoms with Gasteiger partial charge in [-0.25, -0.2) is 0 Å². The minimum atomic E-state index is 0.596. The van der Waals surface area contributed by atoms with E-state index in [1.54, 1.807) is 0 Å². The highest BCUT2D eigenvalue weighted by Crippen LogP contribution is 2.46. The van der Waals surface area contributed by atoms with Crippen LogP contribution < -0.4 is 0 Å². The molecule has 2 saturated carbocycles. The van der Waals surface area contributed by atoms with Gasteiger partial charge in [-0.15, -0.1) is 0 Å². The van der Waals surface area contributed by atoms with Crippen molar-refractivity contribution in [1.82, 2.24) is 0 Å². The first-order valence-corrected chi connectivity index (χ1v) is 9.13. The molecule has 0 amide bonds. The maximum atomic E-state index is 2.58. The standard InChI is InChI=1S/C19H36/c1-4-16(17-11-7-5-8-12-17)15-19(2,3)18-13-9-6-10-14-18/h16-18H,4-15H2,1-3H3. The van der Waals surface area contributed by atoms with E-state index in [-0.39, 0.29) is 0 Å². The summed E-state index contributed by atoms with van der Waals surface area (Å²) in [4.78, 5) is 0. The Hall–Kier alpha value is 0. The van der Waals surface area contributed by atoms with Crippen molar-refractivity contribution in [3.8, 4) is 0 Å². The molecule has 0 heteroatoms. The third kappa shape index (κ3) is 4.23. The van der Waals surface area contributed by atoms with Gasteiger partial charge in [-0.1, -0.05) is 78.6 Å². The SMILES string of the molecule is CCC(CC(C)(C)C1CCCCC1)C1CCCCC1. The fourth-order valence-corrected chi connectivity index (χ4v) is 4.98. The third-order valence-electron chi connectivity index (χ3n) is 6.34. The first kappa shape index (κ1) is 15.4. The Bertz CT molecular complexity index is 241. The van der Waals surface area contributed by atoms with Crippen molar-refractivity contribution >= 4 is 0 Å². The van der Waals surface area contributed by atoms with Gasteiger partial charge < -0.3 is 0 Å². The molecular formula is C19H36. The highest BCUT2D eigenvalue weighted by Gasteiger charge is 2.34. The fraction of sp³-hybridized carbons (Fsp3) is 1.00. The van der Waals surface area contributed by atoms with Crippen molar-refractivity contribution in [1.29, 1.82) is 0 Å². The Balaban J connectivity index is 1.91. The van der Waals surface area contributed by atoms with Crippen LogP contribution in [0.1, 0.15) is 97.8 Å². The lowest BCUT2D eigenvalue weighted by atomic mass is 9.64. The summed E-state index contributed by atoms with van der Waals surface area (Å²) in [6.07, 6.45) is 18.0. The minimum Gasteiger partial charge on any atom is -0.0651 e. The van der Waals surface area contributed by atoms with Crippen LogP contribution in [0, 0.1) is 23.2 Å². The summed E-state index contributed by atoms with van der Waals surface area (Å²) in [5.74, 6) is 3.08. The van der Waals surface area contributed by atoms with Gasteiger partial charge in [-0.3, -0.25) is 0 Å². The molecule has 2 aliphatic carbocycles. The predicted molar refractivity (Wildman–Crippen MR) is 85.3 cm³/mol. The van der Waals surface area contributed by atoms with Crippen molar-refractivity contribution in [3.05, 3.63) is 0 Å². The quantitative estimate of drug-likeness (QED) is 0.525. The molecule has 0 aliphatic heterocycles. The molecule has 0 heterocycles. The monoisotopic (exact) mass is 264 g/mol. The zero-order valence-electron chi connectivity index (χ0n) is 13.7. The highest BCUT2D eigenvalue weighted by molar-refractivity contribution is 4.85. The maximum Gasteiger partial charge on any atom is -0.0323 e. The van der Waals surface area contributed by atoms with Gasteiger partial charge in [0.05, 0.1) is 0 Å². The van der Waals surface area contributed by atoms with Crippen molar-refractivity contribution in [2.75, 3.05) is 0 Å². The molecule has 112 valence electrons. The molecular weight excluding hydrogens is 228 g/mol. The van der Waals surface area contributed by atoms with Crippen LogP contribution >= 0.6 is 0 Å². The van der Waals surface area contributed by atoms with Crippen molar-refractivity contribution in [3.63, 3.8) is 0 Å². The summed E-state index contributed by atoms with van der Waals surface area (Å²) in [5, 5.41) is 0. The maximum absolute atomic E-state index is 2.58.